The van der Waals surface area contributed by atoms with E-state index in [-0.39, 0.29) is 0 Å². The molecular formula is C12H14BrNOS. The highest BCUT2D eigenvalue weighted by atomic mass is 79.9. The SMILES string of the molecule is N#CCCCCS(=O)Cc1cccc(Br)c1. The zero-order valence-electron chi connectivity index (χ0n) is 8.99. The lowest BCUT2D eigenvalue weighted by Crippen LogP contribution is -2.01. The molecule has 0 fully saturated rings. The molecule has 1 rings (SSSR count). The van der Waals surface area contributed by atoms with E-state index in [4.69, 9.17) is 5.26 Å². The number of nitriles is 1. The fraction of sp³-hybridized carbons (Fsp3) is 0.417. The lowest BCUT2D eigenvalue weighted by atomic mass is 10.2. The van der Waals surface area contributed by atoms with Gasteiger partial charge < -0.3 is 0 Å². The van der Waals surface area contributed by atoms with E-state index in [9.17, 15) is 4.21 Å². The van der Waals surface area contributed by atoms with Crippen LogP contribution >= 0.6 is 15.9 Å². The van der Waals surface area contributed by atoms with Crippen LogP contribution in [0.15, 0.2) is 28.7 Å². The number of benzene rings is 1. The van der Waals surface area contributed by atoms with Gasteiger partial charge in [0.15, 0.2) is 0 Å². The van der Waals surface area contributed by atoms with Crippen molar-refractivity contribution < 1.29 is 4.21 Å². The van der Waals surface area contributed by atoms with E-state index in [1.165, 1.54) is 0 Å². The normalized spacial score (nSPS) is 12.0. The number of unbranched alkanes of at least 4 members (excludes halogenated alkanes) is 2. The van der Waals surface area contributed by atoms with Crippen LogP contribution in [0.25, 0.3) is 0 Å². The van der Waals surface area contributed by atoms with E-state index < -0.39 is 10.8 Å². The highest BCUT2D eigenvalue weighted by Gasteiger charge is 2.02. The summed E-state index contributed by atoms with van der Waals surface area (Å²) in [6, 6.07) is 9.98. The molecule has 0 radical (unpaired) electrons. The van der Waals surface area contributed by atoms with Gasteiger partial charge in [0.25, 0.3) is 0 Å². The Morgan fingerprint density at radius 2 is 2.19 bits per heavy atom. The van der Waals surface area contributed by atoms with E-state index in [0.717, 1.165) is 22.9 Å². The average Bonchev–Trinajstić information content (AvgIpc) is 2.24. The third kappa shape index (κ3) is 5.43. The Labute approximate surface area is 107 Å². The zero-order valence-corrected chi connectivity index (χ0v) is 11.4. The molecule has 1 aromatic carbocycles. The third-order valence-electron chi connectivity index (χ3n) is 2.13. The summed E-state index contributed by atoms with van der Waals surface area (Å²) in [5, 5.41) is 8.37. The molecule has 0 bridgehead atoms. The quantitative estimate of drug-likeness (QED) is 0.756. The first kappa shape index (κ1) is 13.4. The molecule has 0 N–H and O–H groups in total. The first-order chi connectivity index (χ1) is 7.72. The Balaban J connectivity index is 2.32. The van der Waals surface area contributed by atoms with Crippen molar-refractivity contribution in [2.45, 2.75) is 25.0 Å². The molecule has 4 heteroatoms. The highest BCUT2D eigenvalue weighted by Crippen LogP contribution is 2.13. The van der Waals surface area contributed by atoms with Gasteiger partial charge in [-0.1, -0.05) is 28.1 Å². The Hall–Kier alpha value is -0.660. The summed E-state index contributed by atoms with van der Waals surface area (Å²) in [7, 11) is -0.813. The van der Waals surface area contributed by atoms with Crippen molar-refractivity contribution in [3.8, 4) is 6.07 Å². The summed E-state index contributed by atoms with van der Waals surface area (Å²) >= 11 is 3.39. The maximum atomic E-state index is 11.7. The van der Waals surface area contributed by atoms with Crippen molar-refractivity contribution in [2.75, 3.05) is 5.75 Å². The second kappa shape index (κ2) is 7.59. The summed E-state index contributed by atoms with van der Waals surface area (Å²) in [6.45, 7) is 0. The molecule has 16 heavy (non-hydrogen) atoms. The van der Waals surface area contributed by atoms with Gasteiger partial charge in [-0.25, -0.2) is 0 Å². The molecule has 2 nitrogen and oxygen atoms in total. The van der Waals surface area contributed by atoms with Crippen molar-refractivity contribution >= 4 is 26.7 Å². The van der Waals surface area contributed by atoms with Crippen molar-refractivity contribution in [3.05, 3.63) is 34.3 Å². The summed E-state index contributed by atoms with van der Waals surface area (Å²) in [4.78, 5) is 0. The predicted molar refractivity (Wildman–Crippen MR) is 70.3 cm³/mol. The lowest BCUT2D eigenvalue weighted by molar-refractivity contribution is 0.677. The van der Waals surface area contributed by atoms with Crippen LogP contribution in [-0.2, 0) is 16.6 Å². The van der Waals surface area contributed by atoms with E-state index in [1.807, 2.05) is 24.3 Å². The van der Waals surface area contributed by atoms with Gasteiger partial charge >= 0.3 is 0 Å². The molecule has 0 heterocycles. The standard InChI is InChI=1S/C12H14BrNOS/c13-12-6-4-5-11(9-12)10-16(15)8-3-1-2-7-14/h4-6,9H,1-3,8,10H2. The first-order valence-corrected chi connectivity index (χ1v) is 7.47. The van der Waals surface area contributed by atoms with Crippen molar-refractivity contribution in [1.82, 2.24) is 0 Å². The minimum absolute atomic E-state index is 0.564. The second-order valence-corrected chi connectivity index (χ2v) is 6.03. The molecule has 1 aromatic rings. The lowest BCUT2D eigenvalue weighted by Gasteiger charge is -2.02. The molecule has 0 aliphatic carbocycles. The topological polar surface area (TPSA) is 40.9 Å². The molecule has 1 unspecified atom stereocenters. The number of rotatable bonds is 6. The number of halogens is 1. The average molecular weight is 300 g/mol. The number of hydrogen-bond acceptors (Lipinski definition) is 2. The molecular weight excluding hydrogens is 286 g/mol. The summed E-state index contributed by atoms with van der Waals surface area (Å²) < 4.78 is 12.7. The largest absolute Gasteiger partial charge is 0.259 e. The fourth-order valence-electron chi connectivity index (χ4n) is 1.35. The number of nitrogens with zero attached hydrogens (tertiary/aromatic N) is 1. The van der Waals surface area contributed by atoms with Crippen LogP contribution in [0.1, 0.15) is 24.8 Å². The van der Waals surface area contributed by atoms with E-state index >= 15 is 0 Å². The Bertz CT molecular complexity index is 400. The van der Waals surface area contributed by atoms with E-state index in [1.54, 1.807) is 0 Å². The van der Waals surface area contributed by atoms with Gasteiger partial charge in [0, 0.05) is 33.2 Å². The molecule has 0 saturated heterocycles. The highest BCUT2D eigenvalue weighted by molar-refractivity contribution is 9.10. The molecule has 0 aliphatic rings. The molecule has 86 valence electrons. The van der Waals surface area contributed by atoms with Gasteiger partial charge in [0.1, 0.15) is 0 Å². The van der Waals surface area contributed by atoms with Crippen LogP contribution in [0.2, 0.25) is 0 Å². The van der Waals surface area contributed by atoms with Gasteiger partial charge in [-0.2, -0.15) is 5.26 Å². The minimum atomic E-state index is -0.813. The summed E-state index contributed by atoms with van der Waals surface area (Å²) in [5.74, 6) is 1.29. The van der Waals surface area contributed by atoms with Crippen LogP contribution in [0, 0.1) is 11.3 Å². The smallest absolute Gasteiger partial charge is 0.0621 e. The molecule has 1 atom stereocenters. The Kier molecular flexibility index (Phi) is 6.36. The molecule has 0 spiro atoms. The van der Waals surface area contributed by atoms with Crippen LogP contribution in [0.4, 0.5) is 0 Å². The number of hydrogen-bond donors (Lipinski definition) is 0. The molecule has 0 amide bonds. The third-order valence-corrected chi connectivity index (χ3v) is 4.02. The van der Waals surface area contributed by atoms with Crippen molar-refractivity contribution in [3.63, 3.8) is 0 Å². The monoisotopic (exact) mass is 299 g/mol. The predicted octanol–water partition coefficient (Wildman–Crippen LogP) is 3.39. The zero-order chi connectivity index (χ0) is 11.8. The summed E-state index contributed by atoms with van der Waals surface area (Å²) in [6.07, 6.45) is 2.28. The van der Waals surface area contributed by atoms with Crippen LogP contribution < -0.4 is 0 Å². The second-order valence-electron chi connectivity index (χ2n) is 3.53. The maximum Gasteiger partial charge on any atom is 0.0621 e. The van der Waals surface area contributed by atoms with Crippen LogP contribution in [0.3, 0.4) is 0 Å². The fourth-order valence-corrected chi connectivity index (χ4v) is 3.02. The molecule has 0 aromatic heterocycles. The Morgan fingerprint density at radius 1 is 1.38 bits per heavy atom. The van der Waals surface area contributed by atoms with Gasteiger partial charge in [-0.15, -0.1) is 0 Å². The first-order valence-electron chi connectivity index (χ1n) is 5.19. The summed E-state index contributed by atoms with van der Waals surface area (Å²) in [5.41, 5.74) is 1.09. The molecule has 0 aliphatic heterocycles. The van der Waals surface area contributed by atoms with Gasteiger partial charge in [0.2, 0.25) is 0 Å². The van der Waals surface area contributed by atoms with Gasteiger partial charge in [-0.3, -0.25) is 4.21 Å². The van der Waals surface area contributed by atoms with Crippen LogP contribution in [-0.4, -0.2) is 9.96 Å². The van der Waals surface area contributed by atoms with E-state index in [0.29, 0.717) is 17.9 Å². The van der Waals surface area contributed by atoms with Crippen LogP contribution in [0.5, 0.6) is 0 Å². The Morgan fingerprint density at radius 3 is 2.88 bits per heavy atom. The van der Waals surface area contributed by atoms with Crippen molar-refractivity contribution in [1.29, 1.82) is 5.26 Å². The molecule has 0 saturated carbocycles. The maximum absolute atomic E-state index is 11.7. The minimum Gasteiger partial charge on any atom is -0.259 e. The van der Waals surface area contributed by atoms with Gasteiger partial charge in [-0.05, 0) is 30.5 Å². The van der Waals surface area contributed by atoms with Gasteiger partial charge in [0.05, 0.1) is 6.07 Å². The van der Waals surface area contributed by atoms with E-state index in [2.05, 4.69) is 22.0 Å². The van der Waals surface area contributed by atoms with Crippen molar-refractivity contribution in [2.24, 2.45) is 0 Å².